The summed E-state index contributed by atoms with van der Waals surface area (Å²) in [5.74, 6) is 2.73. The van der Waals surface area contributed by atoms with Crippen LogP contribution in [0.3, 0.4) is 0 Å². The molecule has 1 saturated heterocycles. The average molecular weight is 412 g/mol. The summed E-state index contributed by atoms with van der Waals surface area (Å²) in [7, 11) is 0. The van der Waals surface area contributed by atoms with Gasteiger partial charge >= 0.3 is 0 Å². The highest BCUT2D eigenvalue weighted by atomic mass is 16.5. The molecule has 3 aromatic carbocycles. The second-order valence-electron chi connectivity index (χ2n) is 9.41. The van der Waals surface area contributed by atoms with Crippen LogP contribution in [0.25, 0.3) is 0 Å². The second-order valence-corrected chi connectivity index (χ2v) is 9.41. The van der Waals surface area contributed by atoms with Gasteiger partial charge in [-0.1, -0.05) is 85.3 Å². The zero-order valence-corrected chi connectivity index (χ0v) is 18.9. The van der Waals surface area contributed by atoms with Gasteiger partial charge in [-0.15, -0.1) is 0 Å². The minimum absolute atomic E-state index is 0.174. The Bertz CT molecular complexity index is 1030. The van der Waals surface area contributed by atoms with E-state index in [9.17, 15) is 0 Å². The molecule has 160 valence electrons. The van der Waals surface area contributed by atoms with E-state index in [2.05, 4.69) is 105 Å². The third kappa shape index (κ3) is 3.57. The molecule has 2 nitrogen and oxygen atoms in total. The van der Waals surface area contributed by atoms with E-state index in [1.54, 1.807) is 0 Å². The van der Waals surface area contributed by atoms with Crippen LogP contribution in [-0.4, -0.2) is 17.5 Å². The summed E-state index contributed by atoms with van der Waals surface area (Å²) in [5.41, 5.74) is 5.00. The van der Waals surface area contributed by atoms with E-state index in [-0.39, 0.29) is 5.54 Å². The zero-order chi connectivity index (χ0) is 21.4. The van der Waals surface area contributed by atoms with Crippen LogP contribution >= 0.6 is 0 Å². The molecule has 1 aliphatic heterocycles. The van der Waals surface area contributed by atoms with Crippen LogP contribution in [-0.2, 0) is 12.1 Å². The Kier molecular flexibility index (Phi) is 5.35. The Hall–Kier alpha value is -2.58. The predicted molar refractivity (Wildman–Crippen MR) is 127 cm³/mol. The molecule has 5 rings (SSSR count). The molecule has 1 saturated carbocycles. The number of rotatable bonds is 7. The van der Waals surface area contributed by atoms with Crippen molar-refractivity contribution in [2.75, 3.05) is 6.54 Å². The van der Waals surface area contributed by atoms with Crippen molar-refractivity contribution in [3.63, 3.8) is 0 Å². The second kappa shape index (κ2) is 8.16. The first-order chi connectivity index (χ1) is 15.1. The topological polar surface area (TPSA) is 12.5 Å². The fourth-order valence-electron chi connectivity index (χ4n) is 5.84. The van der Waals surface area contributed by atoms with Gasteiger partial charge in [0.1, 0.15) is 12.4 Å². The van der Waals surface area contributed by atoms with Gasteiger partial charge in [0, 0.05) is 18.2 Å². The summed E-state index contributed by atoms with van der Waals surface area (Å²) in [6, 6.07) is 28.9. The normalized spacial score (nSPS) is 24.4. The van der Waals surface area contributed by atoms with Crippen LogP contribution < -0.4 is 4.74 Å². The first-order valence-corrected chi connectivity index (χ1v) is 11.7. The highest BCUT2D eigenvalue weighted by Gasteiger charge is 2.56. The van der Waals surface area contributed by atoms with E-state index in [0.717, 1.165) is 24.0 Å². The summed E-state index contributed by atoms with van der Waals surface area (Å²) in [4.78, 5) is 2.78. The van der Waals surface area contributed by atoms with Crippen molar-refractivity contribution >= 4 is 0 Å². The lowest BCUT2D eigenvalue weighted by molar-refractivity contribution is 0.0868. The van der Waals surface area contributed by atoms with Crippen molar-refractivity contribution in [2.45, 2.75) is 51.8 Å². The van der Waals surface area contributed by atoms with Gasteiger partial charge in [-0.05, 0) is 55.7 Å². The molecule has 0 radical (unpaired) electrons. The first-order valence-electron chi connectivity index (χ1n) is 11.7. The van der Waals surface area contributed by atoms with Crippen LogP contribution in [0.4, 0.5) is 0 Å². The van der Waals surface area contributed by atoms with Crippen molar-refractivity contribution < 1.29 is 4.74 Å². The summed E-state index contributed by atoms with van der Waals surface area (Å²) >= 11 is 0. The predicted octanol–water partition coefficient (Wildman–Crippen LogP) is 6.57. The molecule has 4 atom stereocenters. The summed E-state index contributed by atoms with van der Waals surface area (Å²) in [5, 5.41) is 0. The van der Waals surface area contributed by atoms with Gasteiger partial charge < -0.3 is 4.74 Å². The van der Waals surface area contributed by atoms with Crippen molar-refractivity contribution in [2.24, 2.45) is 11.8 Å². The Labute approximate surface area is 186 Å². The van der Waals surface area contributed by atoms with Crippen LogP contribution in [0.15, 0.2) is 78.9 Å². The number of hydrogen-bond acceptors (Lipinski definition) is 2. The molecule has 0 spiro atoms. The SMILES string of the molecule is CCC(c1ccccc1)(c1cc(C)ccc1OCc1ccccc1)N1CC2CC2C1C. The third-order valence-electron chi connectivity index (χ3n) is 7.59. The number of fused-ring (bicyclic) bond motifs is 1. The van der Waals surface area contributed by atoms with Gasteiger partial charge in [-0.2, -0.15) is 0 Å². The van der Waals surface area contributed by atoms with Gasteiger partial charge in [0.15, 0.2) is 0 Å². The molecule has 0 aromatic heterocycles. The maximum atomic E-state index is 6.51. The molecule has 2 fully saturated rings. The highest BCUT2D eigenvalue weighted by molar-refractivity contribution is 5.49. The number of benzene rings is 3. The number of hydrogen-bond donors (Lipinski definition) is 0. The fraction of sp³-hybridized carbons (Fsp3) is 0.379. The van der Waals surface area contributed by atoms with E-state index in [1.165, 1.54) is 35.2 Å². The minimum atomic E-state index is -0.174. The van der Waals surface area contributed by atoms with Crippen molar-refractivity contribution in [1.29, 1.82) is 0 Å². The molecular formula is C29H33NO. The Morgan fingerprint density at radius 3 is 2.32 bits per heavy atom. The van der Waals surface area contributed by atoms with E-state index in [1.807, 2.05) is 0 Å². The number of likely N-dealkylation sites (tertiary alicyclic amines) is 1. The van der Waals surface area contributed by atoms with Crippen LogP contribution in [0, 0.1) is 18.8 Å². The Balaban J connectivity index is 1.61. The van der Waals surface area contributed by atoms with Crippen molar-refractivity contribution in [3.05, 3.63) is 101 Å². The zero-order valence-electron chi connectivity index (χ0n) is 18.9. The molecule has 2 aliphatic rings. The van der Waals surface area contributed by atoms with Gasteiger partial charge in [0.2, 0.25) is 0 Å². The maximum absolute atomic E-state index is 6.51. The van der Waals surface area contributed by atoms with Crippen LogP contribution in [0.2, 0.25) is 0 Å². The van der Waals surface area contributed by atoms with Crippen LogP contribution in [0.5, 0.6) is 5.75 Å². The molecule has 4 unspecified atom stereocenters. The van der Waals surface area contributed by atoms with Gasteiger partial charge in [-0.3, -0.25) is 4.90 Å². The average Bonchev–Trinajstić information content (AvgIpc) is 3.52. The van der Waals surface area contributed by atoms with E-state index < -0.39 is 0 Å². The number of aryl methyl sites for hydroxylation is 1. The molecule has 3 aromatic rings. The van der Waals surface area contributed by atoms with E-state index in [4.69, 9.17) is 4.74 Å². The molecule has 1 aliphatic carbocycles. The number of ether oxygens (including phenoxy) is 1. The third-order valence-corrected chi connectivity index (χ3v) is 7.59. The first kappa shape index (κ1) is 20.3. The molecular weight excluding hydrogens is 378 g/mol. The number of piperidine rings is 1. The largest absolute Gasteiger partial charge is 0.489 e. The molecule has 0 N–H and O–H groups in total. The van der Waals surface area contributed by atoms with Gasteiger partial charge in [-0.25, -0.2) is 0 Å². The van der Waals surface area contributed by atoms with Crippen molar-refractivity contribution in [1.82, 2.24) is 4.90 Å². The van der Waals surface area contributed by atoms with Gasteiger partial charge in [0.25, 0.3) is 0 Å². The Morgan fingerprint density at radius 2 is 1.68 bits per heavy atom. The Morgan fingerprint density at radius 1 is 0.968 bits per heavy atom. The van der Waals surface area contributed by atoms with Gasteiger partial charge in [0.05, 0.1) is 5.54 Å². The molecule has 0 amide bonds. The quantitative estimate of drug-likeness (QED) is 0.436. The van der Waals surface area contributed by atoms with E-state index >= 15 is 0 Å². The molecule has 2 heteroatoms. The smallest absolute Gasteiger partial charge is 0.125 e. The standard InChI is InChI=1S/C29H33NO/c1-4-29(25-13-9-6-10-14-25,30-19-24-18-26(24)22(30)3)27-17-21(2)15-16-28(27)31-20-23-11-7-5-8-12-23/h5-17,22,24,26H,4,18-20H2,1-3H3. The lowest BCUT2D eigenvalue weighted by atomic mass is 9.77. The molecule has 0 bridgehead atoms. The van der Waals surface area contributed by atoms with E-state index in [0.29, 0.717) is 12.6 Å². The lowest BCUT2D eigenvalue weighted by Gasteiger charge is -2.46. The summed E-state index contributed by atoms with van der Waals surface area (Å²) < 4.78 is 6.51. The summed E-state index contributed by atoms with van der Waals surface area (Å²) in [6.45, 7) is 8.74. The number of nitrogens with zero attached hydrogens (tertiary/aromatic N) is 1. The highest BCUT2D eigenvalue weighted by Crippen LogP contribution is 2.56. The lowest BCUT2D eigenvalue weighted by Crippen LogP contribution is -2.50. The van der Waals surface area contributed by atoms with Crippen molar-refractivity contribution in [3.8, 4) is 5.75 Å². The molecule has 31 heavy (non-hydrogen) atoms. The molecule has 1 heterocycles. The summed E-state index contributed by atoms with van der Waals surface area (Å²) in [6.07, 6.45) is 2.42. The fourth-order valence-corrected chi connectivity index (χ4v) is 5.84. The minimum Gasteiger partial charge on any atom is -0.489 e. The monoisotopic (exact) mass is 411 g/mol. The van der Waals surface area contributed by atoms with Crippen LogP contribution in [0.1, 0.15) is 48.9 Å². The maximum Gasteiger partial charge on any atom is 0.125 e.